The third kappa shape index (κ3) is 2.85. The Bertz CT molecular complexity index is 1040. The van der Waals surface area contributed by atoms with E-state index >= 15 is 0 Å². The van der Waals surface area contributed by atoms with E-state index in [1.165, 1.54) is 0 Å². The van der Waals surface area contributed by atoms with Crippen molar-refractivity contribution in [3.63, 3.8) is 0 Å². The molecule has 1 aliphatic heterocycles. The van der Waals surface area contributed by atoms with Crippen molar-refractivity contribution in [2.75, 3.05) is 13.1 Å². The number of amides is 1. The first-order chi connectivity index (χ1) is 12.5. The third-order valence-electron chi connectivity index (χ3n) is 4.74. The summed E-state index contributed by atoms with van der Waals surface area (Å²) in [7, 11) is 0. The molecule has 1 aliphatic rings. The number of fused-ring (bicyclic) bond motifs is 1. The molecular formula is C19H19N5O2. The predicted octanol–water partition coefficient (Wildman–Crippen LogP) is 1.96. The second-order valence-corrected chi connectivity index (χ2v) is 6.69. The van der Waals surface area contributed by atoms with Crippen LogP contribution in [0, 0.1) is 13.8 Å². The molecule has 1 aromatic carbocycles. The number of benzene rings is 1. The van der Waals surface area contributed by atoms with E-state index in [1.807, 2.05) is 19.9 Å². The Labute approximate surface area is 150 Å². The maximum Gasteiger partial charge on any atom is 0.274 e. The first-order valence-electron chi connectivity index (χ1n) is 8.62. The van der Waals surface area contributed by atoms with Gasteiger partial charge in [-0.1, -0.05) is 18.2 Å². The lowest BCUT2D eigenvalue weighted by atomic mass is 10.1. The normalized spacial score (nSPS) is 17.0. The smallest absolute Gasteiger partial charge is 0.274 e. The van der Waals surface area contributed by atoms with Gasteiger partial charge in [0.15, 0.2) is 5.69 Å². The predicted molar refractivity (Wildman–Crippen MR) is 97.1 cm³/mol. The van der Waals surface area contributed by atoms with Crippen LogP contribution in [0.15, 0.2) is 35.1 Å². The van der Waals surface area contributed by atoms with Gasteiger partial charge < -0.3 is 4.90 Å². The Morgan fingerprint density at radius 2 is 1.85 bits per heavy atom. The summed E-state index contributed by atoms with van der Waals surface area (Å²) in [5, 5.41) is 7.49. The standard InChI is InChI=1S/C19H19N5O2/c1-11-9-12(2)21-17(20-11)13-7-8-24(10-13)19(26)16-14-5-3-4-6-15(14)18(25)23-22-16/h3-6,9,13H,7-8,10H2,1-2H3,(H,23,25)/t13-/m1/s1. The number of likely N-dealkylation sites (tertiary alicyclic amines) is 1. The fourth-order valence-electron chi connectivity index (χ4n) is 3.52. The van der Waals surface area contributed by atoms with Crippen molar-refractivity contribution in [2.45, 2.75) is 26.2 Å². The number of carbonyl (C=O) groups is 1. The van der Waals surface area contributed by atoms with E-state index in [0.29, 0.717) is 23.9 Å². The van der Waals surface area contributed by atoms with Gasteiger partial charge in [0, 0.05) is 35.8 Å². The number of nitrogens with one attached hydrogen (secondary N) is 1. The topological polar surface area (TPSA) is 91.8 Å². The monoisotopic (exact) mass is 349 g/mol. The molecule has 1 fully saturated rings. The van der Waals surface area contributed by atoms with E-state index in [-0.39, 0.29) is 23.1 Å². The van der Waals surface area contributed by atoms with Crippen molar-refractivity contribution in [1.29, 1.82) is 0 Å². The van der Waals surface area contributed by atoms with Crippen LogP contribution in [0.3, 0.4) is 0 Å². The molecule has 3 aromatic rings. The quantitative estimate of drug-likeness (QED) is 0.763. The Hall–Kier alpha value is -3.09. The lowest BCUT2D eigenvalue weighted by Gasteiger charge is -2.16. The van der Waals surface area contributed by atoms with E-state index < -0.39 is 0 Å². The molecule has 0 bridgehead atoms. The van der Waals surface area contributed by atoms with Gasteiger partial charge in [-0.3, -0.25) is 9.59 Å². The van der Waals surface area contributed by atoms with E-state index in [0.717, 1.165) is 23.6 Å². The highest BCUT2D eigenvalue weighted by Crippen LogP contribution is 2.27. The highest BCUT2D eigenvalue weighted by atomic mass is 16.2. The molecule has 0 radical (unpaired) electrons. The number of aromatic nitrogens is 4. The number of rotatable bonds is 2. The second kappa shape index (κ2) is 6.33. The average molecular weight is 349 g/mol. The highest BCUT2D eigenvalue weighted by molar-refractivity contribution is 6.04. The fraction of sp³-hybridized carbons (Fsp3) is 0.316. The number of aromatic amines is 1. The lowest BCUT2D eigenvalue weighted by molar-refractivity contribution is 0.0785. The molecular weight excluding hydrogens is 330 g/mol. The maximum absolute atomic E-state index is 13.0. The summed E-state index contributed by atoms with van der Waals surface area (Å²) < 4.78 is 0. The van der Waals surface area contributed by atoms with Gasteiger partial charge in [-0.25, -0.2) is 15.1 Å². The summed E-state index contributed by atoms with van der Waals surface area (Å²) in [6.45, 7) is 5.07. The minimum atomic E-state index is -0.292. The van der Waals surface area contributed by atoms with Crippen LogP contribution in [0.2, 0.25) is 0 Å². The van der Waals surface area contributed by atoms with Crippen LogP contribution in [0.5, 0.6) is 0 Å². The molecule has 0 aliphatic carbocycles. The minimum Gasteiger partial charge on any atom is -0.336 e. The molecule has 132 valence electrons. The molecule has 7 heteroatoms. The number of nitrogens with zero attached hydrogens (tertiary/aromatic N) is 4. The Morgan fingerprint density at radius 1 is 1.15 bits per heavy atom. The van der Waals surface area contributed by atoms with E-state index in [4.69, 9.17) is 0 Å². The lowest BCUT2D eigenvalue weighted by Crippen LogP contribution is -2.30. The zero-order chi connectivity index (χ0) is 18.3. The molecule has 26 heavy (non-hydrogen) atoms. The average Bonchev–Trinajstić information content (AvgIpc) is 3.11. The SMILES string of the molecule is Cc1cc(C)nc([C@@H]2CCN(C(=O)c3n[nH]c(=O)c4ccccc34)C2)n1. The Morgan fingerprint density at radius 3 is 2.58 bits per heavy atom. The van der Waals surface area contributed by atoms with Crippen LogP contribution in [-0.4, -0.2) is 44.1 Å². The van der Waals surface area contributed by atoms with Gasteiger partial charge in [0.1, 0.15) is 5.82 Å². The molecule has 7 nitrogen and oxygen atoms in total. The summed E-state index contributed by atoms with van der Waals surface area (Å²) in [5.74, 6) is 0.730. The van der Waals surface area contributed by atoms with Crippen LogP contribution in [0.1, 0.15) is 40.0 Å². The zero-order valence-electron chi connectivity index (χ0n) is 14.7. The summed E-state index contributed by atoms with van der Waals surface area (Å²) in [6.07, 6.45) is 0.815. The Kier molecular flexibility index (Phi) is 3.99. The zero-order valence-corrected chi connectivity index (χ0v) is 14.7. The fourth-order valence-corrected chi connectivity index (χ4v) is 3.52. The number of H-pyrrole nitrogens is 1. The first kappa shape index (κ1) is 16.4. The number of hydrogen-bond acceptors (Lipinski definition) is 5. The van der Waals surface area contributed by atoms with Gasteiger partial charge in [-0.2, -0.15) is 5.10 Å². The largest absolute Gasteiger partial charge is 0.336 e. The molecule has 0 saturated carbocycles. The number of aryl methyl sites for hydroxylation is 2. The van der Waals surface area contributed by atoms with Crippen LogP contribution < -0.4 is 5.56 Å². The molecule has 1 N–H and O–H groups in total. The molecule has 2 aromatic heterocycles. The highest BCUT2D eigenvalue weighted by Gasteiger charge is 2.31. The minimum absolute atomic E-state index is 0.117. The van der Waals surface area contributed by atoms with Crippen molar-refractivity contribution < 1.29 is 4.79 Å². The van der Waals surface area contributed by atoms with Crippen LogP contribution >= 0.6 is 0 Å². The summed E-state index contributed by atoms with van der Waals surface area (Å²) >= 11 is 0. The maximum atomic E-state index is 13.0. The molecule has 1 amide bonds. The first-order valence-corrected chi connectivity index (χ1v) is 8.62. The summed E-state index contributed by atoms with van der Waals surface area (Å²) in [4.78, 5) is 35.7. The van der Waals surface area contributed by atoms with E-state index in [2.05, 4.69) is 20.2 Å². The van der Waals surface area contributed by atoms with E-state index in [1.54, 1.807) is 29.2 Å². The van der Waals surface area contributed by atoms with Crippen LogP contribution in [0.25, 0.3) is 10.8 Å². The third-order valence-corrected chi connectivity index (χ3v) is 4.74. The van der Waals surface area contributed by atoms with Gasteiger partial charge >= 0.3 is 0 Å². The van der Waals surface area contributed by atoms with Crippen molar-refractivity contribution in [1.82, 2.24) is 25.1 Å². The van der Waals surface area contributed by atoms with Crippen molar-refractivity contribution in [2.24, 2.45) is 0 Å². The Balaban J connectivity index is 1.63. The van der Waals surface area contributed by atoms with Crippen molar-refractivity contribution in [3.8, 4) is 0 Å². The second-order valence-electron chi connectivity index (χ2n) is 6.69. The molecule has 0 unspecified atom stereocenters. The van der Waals surface area contributed by atoms with E-state index in [9.17, 15) is 9.59 Å². The van der Waals surface area contributed by atoms with Crippen molar-refractivity contribution in [3.05, 3.63) is 63.6 Å². The number of hydrogen-bond donors (Lipinski definition) is 1. The van der Waals surface area contributed by atoms with Crippen molar-refractivity contribution >= 4 is 16.7 Å². The van der Waals surface area contributed by atoms with Gasteiger partial charge in [-0.05, 0) is 32.4 Å². The van der Waals surface area contributed by atoms with Crippen LogP contribution in [0.4, 0.5) is 0 Å². The van der Waals surface area contributed by atoms with Gasteiger partial charge in [0.05, 0.1) is 5.39 Å². The molecule has 4 rings (SSSR count). The number of carbonyl (C=O) groups excluding carboxylic acids is 1. The molecule has 0 spiro atoms. The van der Waals surface area contributed by atoms with Gasteiger partial charge in [0.25, 0.3) is 11.5 Å². The summed E-state index contributed by atoms with van der Waals surface area (Å²) in [5.41, 5.74) is 1.86. The molecule has 1 saturated heterocycles. The molecule has 1 atom stereocenters. The van der Waals surface area contributed by atoms with Crippen LogP contribution in [-0.2, 0) is 0 Å². The van der Waals surface area contributed by atoms with Gasteiger partial charge in [-0.15, -0.1) is 0 Å². The van der Waals surface area contributed by atoms with Gasteiger partial charge in [0.2, 0.25) is 0 Å². The molecule has 3 heterocycles. The summed E-state index contributed by atoms with van der Waals surface area (Å²) in [6, 6.07) is 8.97.